The Labute approximate surface area is 152 Å². The van der Waals surface area contributed by atoms with Crippen LogP contribution in [0.3, 0.4) is 0 Å². The van der Waals surface area contributed by atoms with Gasteiger partial charge in [-0.3, -0.25) is 9.69 Å². The van der Waals surface area contributed by atoms with Crippen molar-refractivity contribution in [2.45, 2.75) is 19.4 Å². The number of ether oxygens (including phenoxy) is 1. The maximum atomic E-state index is 13.4. The van der Waals surface area contributed by atoms with Crippen LogP contribution in [0, 0.1) is 11.7 Å². The molecule has 1 fully saturated rings. The van der Waals surface area contributed by atoms with Gasteiger partial charge in [0.1, 0.15) is 5.82 Å². The van der Waals surface area contributed by atoms with Crippen molar-refractivity contribution in [3.8, 4) is 0 Å². The van der Waals surface area contributed by atoms with Gasteiger partial charge in [0.05, 0.1) is 12.5 Å². The topological polar surface area (TPSA) is 29.5 Å². The first-order valence-corrected chi connectivity index (χ1v) is 8.84. The van der Waals surface area contributed by atoms with Crippen LogP contribution in [0.5, 0.6) is 0 Å². The van der Waals surface area contributed by atoms with Gasteiger partial charge in [-0.25, -0.2) is 4.39 Å². The van der Waals surface area contributed by atoms with E-state index in [4.69, 9.17) is 16.3 Å². The van der Waals surface area contributed by atoms with E-state index < -0.39 is 0 Å². The SMILES string of the molecule is CCOC(=O)C1CN(Cc2ccccc2)CC1c1ccc(F)cc1Cl. The highest BCUT2D eigenvalue weighted by atomic mass is 35.5. The van der Waals surface area contributed by atoms with Crippen molar-refractivity contribution in [3.63, 3.8) is 0 Å². The molecular formula is C20H21ClFNO2. The van der Waals surface area contributed by atoms with Crippen molar-refractivity contribution < 1.29 is 13.9 Å². The third-order valence-electron chi connectivity index (χ3n) is 4.60. The number of rotatable bonds is 5. The summed E-state index contributed by atoms with van der Waals surface area (Å²) in [7, 11) is 0. The second-order valence-corrected chi connectivity index (χ2v) is 6.72. The van der Waals surface area contributed by atoms with E-state index in [0.29, 0.717) is 24.7 Å². The van der Waals surface area contributed by atoms with E-state index in [1.165, 1.54) is 17.7 Å². The van der Waals surface area contributed by atoms with Crippen LogP contribution in [-0.4, -0.2) is 30.6 Å². The summed E-state index contributed by atoms with van der Waals surface area (Å²) in [4.78, 5) is 14.7. The number of carbonyl (C=O) groups excluding carboxylic acids is 1. The smallest absolute Gasteiger partial charge is 0.310 e. The third kappa shape index (κ3) is 4.20. The molecule has 1 heterocycles. The summed E-state index contributed by atoms with van der Waals surface area (Å²) in [5.41, 5.74) is 1.99. The first-order valence-electron chi connectivity index (χ1n) is 8.46. The maximum absolute atomic E-state index is 13.4. The lowest BCUT2D eigenvalue weighted by Crippen LogP contribution is -2.25. The predicted octanol–water partition coefficient (Wildman–Crippen LogP) is 4.26. The maximum Gasteiger partial charge on any atom is 0.310 e. The van der Waals surface area contributed by atoms with Crippen molar-refractivity contribution >= 4 is 17.6 Å². The second kappa shape index (κ2) is 7.98. The van der Waals surface area contributed by atoms with Crippen molar-refractivity contribution in [1.82, 2.24) is 4.90 Å². The average molecular weight is 362 g/mol. The normalized spacial score (nSPS) is 20.6. The number of nitrogens with zero attached hydrogens (tertiary/aromatic N) is 1. The van der Waals surface area contributed by atoms with Crippen LogP contribution >= 0.6 is 11.6 Å². The van der Waals surface area contributed by atoms with Gasteiger partial charge in [0, 0.05) is 30.6 Å². The largest absolute Gasteiger partial charge is 0.466 e. The highest BCUT2D eigenvalue weighted by molar-refractivity contribution is 6.31. The molecule has 3 nitrogen and oxygen atoms in total. The van der Waals surface area contributed by atoms with E-state index in [1.54, 1.807) is 13.0 Å². The quantitative estimate of drug-likeness (QED) is 0.745. The lowest BCUT2D eigenvalue weighted by atomic mass is 9.89. The molecule has 2 aromatic rings. The Hall–Kier alpha value is -1.91. The molecule has 132 valence electrons. The summed E-state index contributed by atoms with van der Waals surface area (Å²) in [5.74, 6) is -0.994. The fraction of sp³-hybridized carbons (Fsp3) is 0.350. The number of hydrogen-bond acceptors (Lipinski definition) is 3. The van der Waals surface area contributed by atoms with Gasteiger partial charge < -0.3 is 4.74 Å². The Kier molecular flexibility index (Phi) is 5.71. The van der Waals surface area contributed by atoms with Crippen molar-refractivity contribution in [1.29, 1.82) is 0 Å². The lowest BCUT2D eigenvalue weighted by molar-refractivity contribution is -0.148. The zero-order valence-electron chi connectivity index (χ0n) is 14.1. The molecular weight excluding hydrogens is 341 g/mol. The molecule has 0 aromatic heterocycles. The summed E-state index contributed by atoms with van der Waals surface area (Å²) in [6, 6.07) is 14.5. The molecule has 3 rings (SSSR count). The van der Waals surface area contributed by atoms with Crippen LogP contribution in [0.1, 0.15) is 24.0 Å². The zero-order chi connectivity index (χ0) is 17.8. The molecule has 0 aliphatic carbocycles. The number of esters is 1. The lowest BCUT2D eigenvalue weighted by Gasteiger charge is -2.18. The monoisotopic (exact) mass is 361 g/mol. The van der Waals surface area contributed by atoms with Gasteiger partial charge >= 0.3 is 5.97 Å². The molecule has 25 heavy (non-hydrogen) atoms. The molecule has 1 saturated heterocycles. The van der Waals surface area contributed by atoms with Crippen LogP contribution < -0.4 is 0 Å². The fourth-order valence-electron chi connectivity index (χ4n) is 3.46. The minimum atomic E-state index is -0.374. The average Bonchev–Trinajstić information content (AvgIpc) is 2.99. The van der Waals surface area contributed by atoms with E-state index in [0.717, 1.165) is 12.1 Å². The minimum absolute atomic E-state index is 0.101. The summed E-state index contributed by atoms with van der Waals surface area (Å²) < 4.78 is 18.6. The molecule has 0 saturated carbocycles. The number of carbonyl (C=O) groups is 1. The molecule has 2 atom stereocenters. The number of halogens is 2. The van der Waals surface area contributed by atoms with Crippen molar-refractivity contribution in [2.75, 3.05) is 19.7 Å². The van der Waals surface area contributed by atoms with Crippen LogP contribution in [0.4, 0.5) is 4.39 Å². The van der Waals surface area contributed by atoms with Gasteiger partial charge in [-0.05, 0) is 30.2 Å². The Morgan fingerprint density at radius 2 is 2.00 bits per heavy atom. The predicted molar refractivity (Wildman–Crippen MR) is 96.0 cm³/mol. The highest BCUT2D eigenvalue weighted by Gasteiger charge is 2.40. The van der Waals surface area contributed by atoms with E-state index in [-0.39, 0.29) is 23.6 Å². The summed E-state index contributed by atoms with van der Waals surface area (Å²) >= 11 is 6.25. The molecule has 0 N–H and O–H groups in total. The summed E-state index contributed by atoms with van der Waals surface area (Å²) in [6.45, 7) is 4.19. The summed E-state index contributed by atoms with van der Waals surface area (Å²) in [5, 5.41) is 0.362. The van der Waals surface area contributed by atoms with Gasteiger partial charge in [0.25, 0.3) is 0 Å². The Morgan fingerprint density at radius 3 is 2.68 bits per heavy atom. The van der Waals surface area contributed by atoms with Gasteiger partial charge in [-0.2, -0.15) is 0 Å². The van der Waals surface area contributed by atoms with Crippen LogP contribution in [-0.2, 0) is 16.1 Å². The Balaban J connectivity index is 1.84. The molecule has 0 spiro atoms. The first kappa shape index (κ1) is 17.9. The fourth-order valence-corrected chi connectivity index (χ4v) is 3.77. The molecule has 1 aliphatic rings. The van der Waals surface area contributed by atoms with Gasteiger partial charge in [-0.1, -0.05) is 48.0 Å². The van der Waals surface area contributed by atoms with Gasteiger partial charge in [-0.15, -0.1) is 0 Å². The van der Waals surface area contributed by atoms with Crippen molar-refractivity contribution in [2.24, 2.45) is 5.92 Å². The van der Waals surface area contributed by atoms with Gasteiger partial charge in [0.15, 0.2) is 0 Å². The summed E-state index contributed by atoms with van der Waals surface area (Å²) in [6.07, 6.45) is 0. The Morgan fingerprint density at radius 1 is 1.24 bits per heavy atom. The molecule has 0 radical (unpaired) electrons. The van der Waals surface area contributed by atoms with E-state index in [9.17, 15) is 9.18 Å². The first-order chi connectivity index (χ1) is 12.1. The minimum Gasteiger partial charge on any atom is -0.466 e. The van der Waals surface area contributed by atoms with Crippen LogP contribution in [0.25, 0.3) is 0 Å². The van der Waals surface area contributed by atoms with Crippen LogP contribution in [0.2, 0.25) is 5.02 Å². The molecule has 1 aliphatic heterocycles. The standard InChI is InChI=1S/C20H21ClFNO2/c1-2-25-20(24)18-13-23(11-14-6-4-3-5-7-14)12-17(18)16-9-8-15(22)10-19(16)21/h3-10,17-18H,2,11-13H2,1H3. The molecule has 2 aromatic carbocycles. The number of likely N-dealkylation sites (tertiary alicyclic amines) is 1. The molecule has 0 bridgehead atoms. The van der Waals surface area contributed by atoms with E-state index in [2.05, 4.69) is 17.0 Å². The third-order valence-corrected chi connectivity index (χ3v) is 4.92. The van der Waals surface area contributed by atoms with Gasteiger partial charge in [0.2, 0.25) is 0 Å². The van der Waals surface area contributed by atoms with Crippen molar-refractivity contribution in [3.05, 3.63) is 70.5 Å². The number of benzene rings is 2. The molecule has 5 heteroatoms. The Bertz CT molecular complexity index is 738. The second-order valence-electron chi connectivity index (χ2n) is 6.31. The van der Waals surface area contributed by atoms with Crippen LogP contribution in [0.15, 0.2) is 48.5 Å². The molecule has 2 unspecified atom stereocenters. The zero-order valence-corrected chi connectivity index (χ0v) is 14.9. The van der Waals surface area contributed by atoms with E-state index in [1.807, 2.05) is 18.2 Å². The molecule has 0 amide bonds. The number of hydrogen-bond donors (Lipinski definition) is 0. The van der Waals surface area contributed by atoms with E-state index >= 15 is 0 Å². The highest BCUT2D eigenvalue weighted by Crippen LogP contribution is 2.37.